The van der Waals surface area contributed by atoms with Crippen LogP contribution in [0.5, 0.6) is 5.75 Å². The highest BCUT2D eigenvalue weighted by Gasteiger charge is 2.53. The summed E-state index contributed by atoms with van der Waals surface area (Å²) < 4.78 is 12.8. The number of β-amino-alcohol motifs (C(OH)–C–C–N with tert-alkyl or cyclic N) is 1. The molecule has 0 spiro atoms. The molecule has 1 unspecified atom stereocenters. The van der Waals surface area contributed by atoms with Gasteiger partial charge in [0.25, 0.3) is 0 Å². The highest BCUT2D eigenvalue weighted by molar-refractivity contribution is 6.32. The molecule has 236 valence electrons. The van der Waals surface area contributed by atoms with Crippen molar-refractivity contribution in [1.29, 1.82) is 0 Å². The van der Waals surface area contributed by atoms with Gasteiger partial charge in [-0.05, 0) is 35.3 Å². The summed E-state index contributed by atoms with van der Waals surface area (Å²) in [6, 6.07) is 15.5. The summed E-state index contributed by atoms with van der Waals surface area (Å²) in [5, 5.41) is 51.2. The van der Waals surface area contributed by atoms with Crippen molar-refractivity contribution in [1.82, 2.24) is 20.4 Å². The zero-order chi connectivity index (χ0) is 31.4. The van der Waals surface area contributed by atoms with Crippen LogP contribution >= 0.6 is 11.6 Å². The van der Waals surface area contributed by atoms with Crippen molar-refractivity contribution in [2.45, 2.75) is 50.4 Å². The van der Waals surface area contributed by atoms with Crippen molar-refractivity contribution in [2.75, 3.05) is 39.5 Å². The Kier molecular flexibility index (Phi) is 9.91. The lowest BCUT2D eigenvalue weighted by Gasteiger charge is -2.45. The monoisotopic (exact) mass is 624 g/mol. The van der Waals surface area contributed by atoms with Gasteiger partial charge in [-0.15, -0.1) is 10.2 Å². The van der Waals surface area contributed by atoms with Crippen molar-refractivity contribution in [2.24, 2.45) is 5.41 Å². The van der Waals surface area contributed by atoms with E-state index in [2.05, 4.69) is 58.5 Å². The smallest absolute Gasteiger partial charge is 0.230 e. The van der Waals surface area contributed by atoms with E-state index >= 15 is 0 Å². The number of nitrogens with one attached hydrogen (secondary N) is 1. The van der Waals surface area contributed by atoms with E-state index in [1.807, 2.05) is 30.3 Å². The maximum Gasteiger partial charge on any atom is 0.230 e. The van der Waals surface area contributed by atoms with Gasteiger partial charge in [0.1, 0.15) is 17.8 Å². The van der Waals surface area contributed by atoms with Gasteiger partial charge in [-0.2, -0.15) is 0 Å². The highest BCUT2D eigenvalue weighted by atomic mass is 35.5. The fourth-order valence-electron chi connectivity index (χ4n) is 5.88. The zero-order valence-corrected chi connectivity index (χ0v) is 25.9. The first-order chi connectivity index (χ1) is 21.1. The van der Waals surface area contributed by atoms with E-state index < -0.39 is 36.2 Å². The predicted octanol–water partition coefficient (Wildman–Crippen LogP) is 3.09. The fraction of sp³-hybridized carbons (Fsp3) is 0.455. The van der Waals surface area contributed by atoms with Gasteiger partial charge >= 0.3 is 0 Å². The molecule has 3 aromatic rings. The summed E-state index contributed by atoms with van der Waals surface area (Å²) in [5.74, 6) is 1.38. The number of rotatable bonds is 13. The molecular weight excluding hydrogens is 584 g/mol. The van der Waals surface area contributed by atoms with Crippen LogP contribution in [0.3, 0.4) is 0 Å². The number of allylic oxidation sites excluding steroid dienone is 3. The van der Waals surface area contributed by atoms with Crippen LogP contribution in [0, 0.1) is 5.41 Å². The lowest BCUT2D eigenvalue weighted by molar-refractivity contribution is 0.0414. The molecule has 1 fully saturated rings. The lowest BCUT2D eigenvalue weighted by Crippen LogP contribution is -2.54. The summed E-state index contributed by atoms with van der Waals surface area (Å²) in [5.41, 5.74) is 0.368. The van der Waals surface area contributed by atoms with Gasteiger partial charge in [-0.1, -0.05) is 80.1 Å². The third-order valence-corrected chi connectivity index (χ3v) is 9.29. The van der Waals surface area contributed by atoms with Gasteiger partial charge in [-0.25, -0.2) is 0 Å². The molecule has 2 aliphatic rings. The number of benzene rings is 2. The number of halogens is 1. The van der Waals surface area contributed by atoms with E-state index in [9.17, 15) is 20.4 Å². The maximum absolute atomic E-state index is 9.97. The molecule has 5 rings (SSSR count). The quantitative estimate of drug-likeness (QED) is 0.192. The van der Waals surface area contributed by atoms with Gasteiger partial charge in [0.15, 0.2) is 0 Å². The number of hydrogen-bond donors (Lipinski definition) is 5. The van der Waals surface area contributed by atoms with E-state index in [1.54, 1.807) is 12.1 Å². The maximum atomic E-state index is 9.97. The van der Waals surface area contributed by atoms with Crippen LogP contribution in [-0.2, 0) is 18.5 Å². The molecule has 11 heteroatoms. The van der Waals surface area contributed by atoms with Crippen LogP contribution in [0.15, 0.2) is 71.2 Å². The number of likely N-dealkylation sites (tertiary alicyclic amines) is 1. The summed E-state index contributed by atoms with van der Waals surface area (Å²) in [7, 11) is 0. The van der Waals surface area contributed by atoms with Crippen molar-refractivity contribution in [3.63, 3.8) is 0 Å². The third-order valence-electron chi connectivity index (χ3n) is 9.00. The first kappa shape index (κ1) is 32.3. The van der Waals surface area contributed by atoms with Gasteiger partial charge < -0.3 is 34.9 Å². The molecule has 2 atom stereocenters. The molecule has 1 aromatic heterocycles. The number of aromatic nitrogens is 2. The molecule has 0 amide bonds. The molecule has 10 nitrogen and oxygen atoms in total. The summed E-state index contributed by atoms with van der Waals surface area (Å²) in [6.45, 7) is 5.25. The Hall–Kier alpha value is -3.09. The van der Waals surface area contributed by atoms with Crippen molar-refractivity contribution < 1.29 is 29.6 Å². The second-order valence-electron chi connectivity index (χ2n) is 12.2. The highest BCUT2D eigenvalue weighted by Crippen LogP contribution is 2.53. The molecule has 0 radical (unpaired) electrons. The van der Waals surface area contributed by atoms with Crippen LogP contribution in [0.25, 0.3) is 5.57 Å². The second-order valence-corrected chi connectivity index (χ2v) is 12.6. The average molecular weight is 625 g/mol. The Morgan fingerprint density at radius 3 is 2.50 bits per heavy atom. The SMILES string of the molecule is CC1(C)C(c2ccccc2)=CC=C[C@@]1(COc1ccc(CNC(CO)(CO)CO)cc1Cl)c1nnc(CN2CCC(O)C2)o1. The molecule has 0 saturated carbocycles. The molecule has 44 heavy (non-hydrogen) atoms. The Morgan fingerprint density at radius 2 is 1.84 bits per heavy atom. The number of nitrogens with zero attached hydrogens (tertiary/aromatic N) is 3. The zero-order valence-electron chi connectivity index (χ0n) is 25.1. The van der Waals surface area contributed by atoms with Crippen molar-refractivity contribution in [3.05, 3.63) is 94.7 Å². The fourth-order valence-corrected chi connectivity index (χ4v) is 6.14. The molecule has 1 saturated heterocycles. The van der Waals surface area contributed by atoms with Gasteiger partial charge in [0.2, 0.25) is 11.8 Å². The number of ether oxygens (including phenoxy) is 1. The van der Waals surface area contributed by atoms with Crippen molar-refractivity contribution in [3.8, 4) is 5.75 Å². The van der Waals surface area contributed by atoms with E-state index in [4.69, 9.17) is 20.8 Å². The number of aliphatic hydroxyl groups is 4. The van der Waals surface area contributed by atoms with Crippen LogP contribution in [0.2, 0.25) is 5.02 Å². The molecule has 1 aliphatic heterocycles. The van der Waals surface area contributed by atoms with E-state index in [0.717, 1.165) is 29.7 Å². The minimum Gasteiger partial charge on any atom is -0.491 e. The second kappa shape index (κ2) is 13.5. The minimum absolute atomic E-state index is 0.157. The molecular formula is C33H41ClN4O6. The lowest BCUT2D eigenvalue weighted by atomic mass is 9.58. The predicted molar refractivity (Wildman–Crippen MR) is 167 cm³/mol. The Labute approximate surface area is 262 Å². The first-order valence-electron chi connectivity index (χ1n) is 14.8. The first-order valence-corrected chi connectivity index (χ1v) is 15.2. The topological polar surface area (TPSA) is 144 Å². The molecule has 5 N–H and O–H groups in total. The largest absolute Gasteiger partial charge is 0.491 e. The Morgan fingerprint density at radius 1 is 1.09 bits per heavy atom. The van der Waals surface area contributed by atoms with Gasteiger partial charge in [-0.3, -0.25) is 4.90 Å². The standard InChI is InChI=1S/C33H41ClN4O6/c1-31(2)26(24-7-4-3-5-8-24)9-6-13-33(31,30-37-36-29(44-30)18-38-14-12-25(42)17-38)22-43-28-11-10-23(15-27(28)34)16-35-32(19-39,20-40)21-41/h3-11,13,15,25,35,39-42H,12,14,16-22H2,1-2H3/t25?,33-/m1/s1. The summed E-state index contributed by atoms with van der Waals surface area (Å²) in [6.07, 6.45) is 6.55. The number of aliphatic hydroxyl groups excluding tert-OH is 4. The Balaban J connectivity index is 1.42. The van der Waals surface area contributed by atoms with E-state index in [1.165, 1.54) is 0 Å². The normalized spacial score (nSPS) is 21.9. The molecule has 1 aliphatic carbocycles. The average Bonchev–Trinajstić information content (AvgIpc) is 3.67. The van der Waals surface area contributed by atoms with Crippen LogP contribution < -0.4 is 10.1 Å². The van der Waals surface area contributed by atoms with Gasteiger partial charge in [0, 0.05) is 25.0 Å². The minimum atomic E-state index is -1.20. The van der Waals surface area contributed by atoms with E-state index in [-0.39, 0.29) is 19.3 Å². The third kappa shape index (κ3) is 6.48. The van der Waals surface area contributed by atoms with Crippen molar-refractivity contribution >= 4 is 17.2 Å². The summed E-state index contributed by atoms with van der Waals surface area (Å²) >= 11 is 6.69. The Bertz CT molecular complexity index is 1460. The molecule has 2 aromatic carbocycles. The van der Waals surface area contributed by atoms with Crippen LogP contribution in [0.4, 0.5) is 0 Å². The molecule has 2 heterocycles. The number of hydrogen-bond acceptors (Lipinski definition) is 10. The van der Waals surface area contributed by atoms with Crippen LogP contribution in [0.1, 0.15) is 43.2 Å². The van der Waals surface area contributed by atoms with E-state index in [0.29, 0.717) is 35.6 Å². The van der Waals surface area contributed by atoms with Crippen LogP contribution in [-0.4, -0.2) is 86.7 Å². The molecule has 0 bridgehead atoms. The summed E-state index contributed by atoms with van der Waals surface area (Å²) in [4.78, 5) is 2.10. The van der Waals surface area contributed by atoms with Gasteiger partial charge in [0.05, 0.1) is 43.0 Å².